The third-order valence-corrected chi connectivity index (χ3v) is 3.00. The highest BCUT2D eigenvalue weighted by Gasteiger charge is 2.16. The third-order valence-electron chi connectivity index (χ3n) is 2.77. The number of carbonyl (C=O) groups is 1. The maximum Gasteiger partial charge on any atom is 0.383 e. The average Bonchev–Trinajstić information content (AvgIpc) is 2.46. The second-order valence-electron chi connectivity index (χ2n) is 4.11. The zero-order valence-corrected chi connectivity index (χ0v) is 11.5. The minimum absolute atomic E-state index is 0.0182. The molecule has 0 bridgehead atoms. The monoisotopic (exact) mass is 294 g/mol. The fraction of sp³-hybridized carbons (Fsp3) is 0.133. The molecule has 0 aliphatic carbocycles. The normalized spacial score (nSPS) is 10.2. The maximum absolute atomic E-state index is 12.1. The molecule has 0 amide bonds. The molecule has 0 saturated carbocycles. The molecule has 0 fully saturated rings. The Morgan fingerprint density at radius 2 is 2.05 bits per heavy atom. The van der Waals surface area contributed by atoms with Crippen molar-refractivity contribution in [2.24, 2.45) is 0 Å². The van der Waals surface area contributed by atoms with Crippen molar-refractivity contribution in [3.8, 4) is 11.5 Å². The van der Waals surface area contributed by atoms with E-state index in [0.717, 1.165) is 12.0 Å². The van der Waals surface area contributed by atoms with E-state index in [1.165, 1.54) is 6.07 Å². The van der Waals surface area contributed by atoms with Crippen LogP contribution in [0, 0.1) is 0 Å². The Balaban J connectivity index is 2.39. The first-order chi connectivity index (χ1) is 9.63. The van der Waals surface area contributed by atoms with E-state index in [9.17, 15) is 9.32 Å². The lowest BCUT2D eigenvalue weighted by Crippen LogP contribution is -2.02. The van der Waals surface area contributed by atoms with Gasteiger partial charge >= 0.3 is 5.97 Å². The Hall–Kier alpha value is -2.07. The predicted octanol–water partition coefficient (Wildman–Crippen LogP) is 4.74. The van der Waals surface area contributed by atoms with Gasteiger partial charge in [-0.15, -0.1) is 0 Å². The summed E-state index contributed by atoms with van der Waals surface area (Å²) in [5.41, 5.74) is 0.974. The highest BCUT2D eigenvalue weighted by Crippen LogP contribution is 2.29. The van der Waals surface area contributed by atoms with Crippen molar-refractivity contribution in [1.82, 2.24) is 0 Å². The first kappa shape index (κ1) is 14.3. The summed E-state index contributed by atoms with van der Waals surface area (Å²) in [6.07, 6.45) is 0.761. The average molecular weight is 295 g/mol. The number of rotatable bonds is 4. The lowest BCUT2D eigenvalue weighted by molar-refractivity contribution is -0.0789. The van der Waals surface area contributed by atoms with Gasteiger partial charge in [0.25, 0.3) is 0 Å². The summed E-state index contributed by atoms with van der Waals surface area (Å²) in [5, 5.41) is 0.503. The summed E-state index contributed by atoms with van der Waals surface area (Å²) >= 11 is 5.87. The summed E-state index contributed by atoms with van der Waals surface area (Å²) < 4.78 is 17.7. The van der Waals surface area contributed by atoms with Crippen LogP contribution in [-0.4, -0.2) is 5.97 Å². The lowest BCUT2D eigenvalue weighted by Gasteiger charge is -2.10. The van der Waals surface area contributed by atoms with E-state index in [1.807, 2.05) is 6.92 Å². The Bertz CT molecular complexity index is 628. The molecule has 2 aromatic carbocycles. The van der Waals surface area contributed by atoms with Crippen molar-refractivity contribution in [2.45, 2.75) is 13.3 Å². The van der Waals surface area contributed by atoms with E-state index in [4.69, 9.17) is 16.3 Å². The molecule has 20 heavy (non-hydrogen) atoms. The van der Waals surface area contributed by atoms with Gasteiger partial charge in [-0.1, -0.05) is 30.7 Å². The van der Waals surface area contributed by atoms with Gasteiger partial charge in [-0.3, -0.25) is 0 Å². The van der Waals surface area contributed by atoms with Crippen LogP contribution in [0.5, 0.6) is 11.5 Å². The number of hydrogen-bond acceptors (Lipinski definition) is 3. The zero-order valence-electron chi connectivity index (χ0n) is 10.7. The van der Waals surface area contributed by atoms with Crippen LogP contribution in [0.4, 0.5) is 4.53 Å². The summed E-state index contributed by atoms with van der Waals surface area (Å²) in [7, 11) is 0. The highest BCUT2D eigenvalue weighted by molar-refractivity contribution is 6.30. The van der Waals surface area contributed by atoms with E-state index < -0.39 is 5.97 Å². The summed E-state index contributed by atoms with van der Waals surface area (Å²) in [6, 6.07) is 11.6. The zero-order chi connectivity index (χ0) is 14.5. The van der Waals surface area contributed by atoms with Crippen LogP contribution in [-0.2, 0) is 11.4 Å². The van der Waals surface area contributed by atoms with Gasteiger partial charge in [0.1, 0.15) is 17.1 Å². The Kier molecular flexibility index (Phi) is 4.58. The van der Waals surface area contributed by atoms with Gasteiger partial charge in [-0.2, -0.15) is 0 Å². The first-order valence-electron chi connectivity index (χ1n) is 6.03. The Labute approximate surface area is 120 Å². The third kappa shape index (κ3) is 3.27. The Morgan fingerprint density at radius 1 is 1.25 bits per heavy atom. The fourth-order valence-corrected chi connectivity index (χ4v) is 1.92. The minimum atomic E-state index is -1.09. The largest absolute Gasteiger partial charge is 0.456 e. The van der Waals surface area contributed by atoms with E-state index in [-0.39, 0.29) is 11.3 Å². The molecule has 104 valence electrons. The van der Waals surface area contributed by atoms with E-state index in [1.54, 1.807) is 36.4 Å². The SMILES string of the molecule is CCc1ccc(C(=O)OF)c(Oc2cccc(Cl)c2)c1. The van der Waals surface area contributed by atoms with Crippen molar-refractivity contribution in [2.75, 3.05) is 0 Å². The topological polar surface area (TPSA) is 35.5 Å². The van der Waals surface area contributed by atoms with Gasteiger partial charge in [0.2, 0.25) is 0 Å². The van der Waals surface area contributed by atoms with Crippen molar-refractivity contribution in [3.63, 3.8) is 0 Å². The first-order valence-corrected chi connectivity index (χ1v) is 6.41. The number of halogens is 2. The standard InChI is InChI=1S/C15H12ClFO3/c1-2-10-6-7-13(15(18)20-17)14(8-10)19-12-5-3-4-11(16)9-12/h3-9H,2H2,1H3. The molecule has 0 atom stereocenters. The minimum Gasteiger partial charge on any atom is -0.456 e. The molecule has 0 unspecified atom stereocenters. The molecule has 5 heteroatoms. The van der Waals surface area contributed by atoms with Crippen LogP contribution in [0.2, 0.25) is 5.02 Å². The predicted molar refractivity (Wildman–Crippen MR) is 73.9 cm³/mol. The quantitative estimate of drug-likeness (QED) is 0.817. The molecule has 0 aliphatic rings. The summed E-state index contributed by atoms with van der Waals surface area (Å²) in [4.78, 5) is 14.7. The van der Waals surface area contributed by atoms with Gasteiger partial charge in [-0.05, 0) is 42.3 Å². The second-order valence-corrected chi connectivity index (χ2v) is 4.54. The van der Waals surface area contributed by atoms with Gasteiger partial charge in [0.15, 0.2) is 0 Å². The number of carbonyl (C=O) groups excluding carboxylic acids is 1. The highest BCUT2D eigenvalue weighted by atomic mass is 35.5. The molecule has 2 rings (SSSR count). The van der Waals surface area contributed by atoms with Crippen molar-refractivity contribution in [3.05, 3.63) is 58.6 Å². The molecular formula is C15H12ClFO3. The Morgan fingerprint density at radius 3 is 2.70 bits per heavy atom. The van der Waals surface area contributed by atoms with E-state index in [2.05, 4.69) is 4.94 Å². The molecule has 0 N–H and O–H groups in total. The van der Waals surface area contributed by atoms with Crippen molar-refractivity contribution >= 4 is 17.6 Å². The number of aryl methyl sites for hydroxylation is 1. The fourth-order valence-electron chi connectivity index (χ4n) is 1.74. The molecule has 0 spiro atoms. The van der Waals surface area contributed by atoms with Crippen LogP contribution in [0.3, 0.4) is 0 Å². The molecule has 0 heterocycles. The molecular weight excluding hydrogens is 283 g/mol. The van der Waals surface area contributed by atoms with Crippen molar-refractivity contribution < 1.29 is 19.0 Å². The number of benzene rings is 2. The maximum atomic E-state index is 12.1. The summed E-state index contributed by atoms with van der Waals surface area (Å²) in [6.45, 7) is 1.96. The van der Waals surface area contributed by atoms with Crippen molar-refractivity contribution in [1.29, 1.82) is 0 Å². The van der Waals surface area contributed by atoms with E-state index >= 15 is 0 Å². The van der Waals surface area contributed by atoms with Gasteiger partial charge in [0.05, 0.1) is 0 Å². The van der Waals surface area contributed by atoms with Crippen LogP contribution in [0.25, 0.3) is 0 Å². The lowest BCUT2D eigenvalue weighted by atomic mass is 10.1. The molecule has 0 radical (unpaired) electrons. The van der Waals surface area contributed by atoms with Gasteiger partial charge < -0.3 is 4.74 Å². The number of hydrogen-bond donors (Lipinski definition) is 0. The smallest absolute Gasteiger partial charge is 0.383 e. The molecule has 0 saturated heterocycles. The van der Waals surface area contributed by atoms with E-state index in [0.29, 0.717) is 10.8 Å². The summed E-state index contributed by atoms with van der Waals surface area (Å²) in [5.74, 6) is -0.405. The molecule has 0 aromatic heterocycles. The van der Waals surface area contributed by atoms with Gasteiger partial charge in [-0.25, -0.2) is 9.74 Å². The second kappa shape index (κ2) is 6.39. The number of ether oxygens (including phenoxy) is 1. The van der Waals surface area contributed by atoms with Crippen LogP contribution >= 0.6 is 11.6 Å². The molecule has 3 nitrogen and oxygen atoms in total. The van der Waals surface area contributed by atoms with Crippen LogP contribution in [0.1, 0.15) is 22.8 Å². The molecule has 0 aliphatic heterocycles. The van der Waals surface area contributed by atoms with Crippen LogP contribution < -0.4 is 4.74 Å². The van der Waals surface area contributed by atoms with Crippen LogP contribution in [0.15, 0.2) is 42.5 Å². The molecule has 2 aromatic rings. The van der Waals surface area contributed by atoms with Gasteiger partial charge in [0, 0.05) is 9.55 Å².